The van der Waals surface area contributed by atoms with Crippen LogP contribution in [0.15, 0.2) is 23.0 Å². The Kier molecular flexibility index (Phi) is 3.60. The molecule has 1 atom stereocenters. The highest BCUT2D eigenvalue weighted by Gasteiger charge is 2.19. The number of carboxylic acid groups (broad SMARTS) is 1. The summed E-state index contributed by atoms with van der Waals surface area (Å²) < 4.78 is 1.39. The van der Waals surface area contributed by atoms with Gasteiger partial charge in [-0.3, -0.25) is 9.36 Å². The lowest BCUT2D eigenvalue weighted by Gasteiger charge is -2.12. The number of aliphatic carboxylic acids is 1. The lowest BCUT2D eigenvalue weighted by atomic mass is 10.1. The van der Waals surface area contributed by atoms with E-state index in [-0.39, 0.29) is 5.69 Å². The van der Waals surface area contributed by atoms with Crippen LogP contribution in [0.4, 0.5) is 0 Å². The summed E-state index contributed by atoms with van der Waals surface area (Å²) in [4.78, 5) is 37.0. The summed E-state index contributed by atoms with van der Waals surface area (Å²) in [6, 6.07) is 3.79. The smallest absolute Gasteiger partial charge is 0.326 e. The highest BCUT2D eigenvalue weighted by molar-refractivity contribution is 5.99. The number of hydrogen-bond acceptors (Lipinski definition) is 3. The van der Waals surface area contributed by atoms with E-state index < -0.39 is 17.9 Å². The van der Waals surface area contributed by atoms with E-state index in [1.54, 1.807) is 32.2 Å². The third-order valence-electron chi connectivity index (χ3n) is 3.18. The number of nitrogens with one attached hydrogen (secondary N) is 2. The summed E-state index contributed by atoms with van der Waals surface area (Å²) in [7, 11) is 1.59. The quantitative estimate of drug-likeness (QED) is 0.755. The second-order valence-electron chi connectivity index (χ2n) is 4.49. The lowest BCUT2D eigenvalue weighted by Crippen LogP contribution is -2.40. The molecule has 0 spiro atoms. The number of rotatable bonds is 4. The number of aryl methyl sites for hydroxylation is 1. The molecule has 2 aromatic rings. The fourth-order valence-electron chi connectivity index (χ4n) is 1.94. The number of hydrogen-bond donors (Lipinski definition) is 3. The molecule has 2 rings (SSSR count). The van der Waals surface area contributed by atoms with Crippen molar-refractivity contribution in [3.8, 4) is 0 Å². The van der Waals surface area contributed by atoms with Crippen LogP contribution in [0.5, 0.6) is 0 Å². The Morgan fingerprint density at radius 2 is 2.15 bits per heavy atom. The fraction of sp³-hybridized carbons (Fsp3) is 0.308. The summed E-state index contributed by atoms with van der Waals surface area (Å²) in [5.41, 5.74) is 1.26. The standard InChI is InChI=1S/C13H15N3O4/c1-3-8(12(18)19)14-11(17)7-4-5-9-10(6-7)16(2)13(20)15-9/h4-6,8H,3H2,1-2H3,(H,14,17)(H,15,20)(H,18,19). The third-order valence-corrected chi connectivity index (χ3v) is 3.18. The van der Waals surface area contributed by atoms with Crippen molar-refractivity contribution in [2.24, 2.45) is 7.05 Å². The first-order valence-electron chi connectivity index (χ1n) is 6.16. The molecule has 0 saturated heterocycles. The highest BCUT2D eigenvalue weighted by atomic mass is 16.4. The largest absolute Gasteiger partial charge is 0.480 e. The first kappa shape index (κ1) is 13.9. The van der Waals surface area contributed by atoms with Crippen LogP contribution >= 0.6 is 0 Å². The Bertz CT molecular complexity index is 729. The molecule has 1 unspecified atom stereocenters. The van der Waals surface area contributed by atoms with Gasteiger partial charge in [-0.25, -0.2) is 9.59 Å². The lowest BCUT2D eigenvalue weighted by molar-refractivity contribution is -0.139. The van der Waals surface area contributed by atoms with Crippen LogP contribution < -0.4 is 11.0 Å². The van der Waals surface area contributed by atoms with Crippen LogP contribution in [-0.2, 0) is 11.8 Å². The molecule has 0 radical (unpaired) electrons. The van der Waals surface area contributed by atoms with E-state index >= 15 is 0 Å². The van der Waals surface area contributed by atoms with E-state index in [1.165, 1.54) is 4.57 Å². The van der Waals surface area contributed by atoms with Crippen LogP contribution in [0.2, 0.25) is 0 Å². The van der Waals surface area contributed by atoms with Crippen LogP contribution in [0.1, 0.15) is 23.7 Å². The Labute approximate surface area is 114 Å². The molecule has 1 amide bonds. The van der Waals surface area contributed by atoms with E-state index in [4.69, 9.17) is 5.11 Å². The first-order valence-corrected chi connectivity index (χ1v) is 6.16. The Morgan fingerprint density at radius 3 is 2.75 bits per heavy atom. The van der Waals surface area contributed by atoms with Crippen molar-refractivity contribution in [1.82, 2.24) is 14.9 Å². The zero-order valence-electron chi connectivity index (χ0n) is 11.1. The van der Waals surface area contributed by atoms with Crippen LogP contribution in [0.3, 0.4) is 0 Å². The first-order chi connectivity index (χ1) is 9.43. The van der Waals surface area contributed by atoms with Crippen molar-refractivity contribution >= 4 is 22.9 Å². The molecule has 7 heteroatoms. The molecule has 20 heavy (non-hydrogen) atoms. The van der Waals surface area contributed by atoms with E-state index in [9.17, 15) is 14.4 Å². The van der Waals surface area contributed by atoms with Crippen molar-refractivity contribution in [3.05, 3.63) is 34.2 Å². The summed E-state index contributed by atoms with van der Waals surface area (Å²) in [6.07, 6.45) is 0.298. The Balaban J connectivity index is 2.33. The number of carboxylic acids is 1. The third kappa shape index (κ3) is 2.42. The highest BCUT2D eigenvalue weighted by Crippen LogP contribution is 2.12. The van der Waals surface area contributed by atoms with Gasteiger partial charge in [-0.05, 0) is 24.6 Å². The van der Waals surface area contributed by atoms with Gasteiger partial charge in [0, 0.05) is 12.6 Å². The zero-order chi connectivity index (χ0) is 14.9. The number of aromatic nitrogens is 2. The molecule has 0 aliphatic carbocycles. The van der Waals surface area contributed by atoms with Crippen molar-refractivity contribution in [1.29, 1.82) is 0 Å². The maximum atomic E-state index is 12.0. The summed E-state index contributed by atoms with van der Waals surface area (Å²) >= 11 is 0. The molecule has 1 aromatic carbocycles. The van der Waals surface area contributed by atoms with Gasteiger partial charge in [-0.15, -0.1) is 0 Å². The molecule has 106 valence electrons. The van der Waals surface area contributed by atoms with Crippen LogP contribution in [0.25, 0.3) is 11.0 Å². The van der Waals surface area contributed by atoms with Crippen LogP contribution in [0, 0.1) is 0 Å². The number of nitrogens with zero attached hydrogens (tertiary/aromatic N) is 1. The van der Waals surface area contributed by atoms with Gasteiger partial charge < -0.3 is 15.4 Å². The van der Waals surface area contributed by atoms with Gasteiger partial charge >= 0.3 is 11.7 Å². The van der Waals surface area contributed by atoms with Crippen molar-refractivity contribution in [2.45, 2.75) is 19.4 Å². The normalized spacial score (nSPS) is 12.3. The topological polar surface area (TPSA) is 104 Å². The van der Waals surface area contributed by atoms with Crippen molar-refractivity contribution < 1.29 is 14.7 Å². The minimum Gasteiger partial charge on any atom is -0.480 e. The monoisotopic (exact) mass is 277 g/mol. The molecule has 0 fully saturated rings. The molecule has 0 aliphatic rings. The minimum absolute atomic E-state index is 0.269. The van der Waals surface area contributed by atoms with E-state index in [1.807, 2.05) is 0 Å². The van der Waals surface area contributed by atoms with Crippen molar-refractivity contribution in [3.63, 3.8) is 0 Å². The predicted molar refractivity (Wildman–Crippen MR) is 72.7 cm³/mol. The molecule has 0 bridgehead atoms. The Hall–Kier alpha value is -2.57. The van der Waals surface area contributed by atoms with Gasteiger partial charge in [0.05, 0.1) is 11.0 Å². The van der Waals surface area contributed by atoms with Gasteiger partial charge in [0.25, 0.3) is 5.91 Å². The van der Waals surface area contributed by atoms with Gasteiger partial charge in [0.1, 0.15) is 6.04 Å². The fourth-order valence-corrected chi connectivity index (χ4v) is 1.94. The number of fused-ring (bicyclic) bond motifs is 1. The molecule has 0 saturated carbocycles. The second-order valence-corrected chi connectivity index (χ2v) is 4.49. The average Bonchev–Trinajstić information content (AvgIpc) is 2.70. The molecular formula is C13H15N3O4. The van der Waals surface area contributed by atoms with Gasteiger partial charge in [0.15, 0.2) is 0 Å². The van der Waals surface area contributed by atoms with Gasteiger partial charge in [0.2, 0.25) is 0 Å². The number of imidazole rings is 1. The number of benzene rings is 1. The zero-order valence-corrected chi connectivity index (χ0v) is 11.1. The molecular weight excluding hydrogens is 262 g/mol. The maximum Gasteiger partial charge on any atom is 0.326 e. The van der Waals surface area contributed by atoms with E-state index in [0.717, 1.165) is 0 Å². The molecule has 1 heterocycles. The molecule has 3 N–H and O–H groups in total. The SMILES string of the molecule is CCC(NC(=O)c1ccc2[nH]c(=O)n(C)c2c1)C(=O)O. The molecule has 7 nitrogen and oxygen atoms in total. The predicted octanol–water partition coefficient (Wildman–Crippen LogP) is 0.460. The summed E-state index contributed by atoms with van der Waals surface area (Å²) in [5, 5.41) is 11.4. The maximum absolute atomic E-state index is 12.0. The second kappa shape index (κ2) is 5.20. The number of carbonyl (C=O) groups excluding carboxylic acids is 1. The number of H-pyrrole nitrogens is 1. The number of carbonyl (C=O) groups is 2. The molecule has 1 aromatic heterocycles. The van der Waals surface area contributed by atoms with Gasteiger partial charge in [-0.2, -0.15) is 0 Å². The number of aromatic amines is 1. The number of amides is 1. The minimum atomic E-state index is -1.07. The average molecular weight is 277 g/mol. The van der Waals surface area contributed by atoms with E-state index in [0.29, 0.717) is 23.0 Å². The molecule has 0 aliphatic heterocycles. The summed E-state index contributed by atoms with van der Waals surface area (Å²) in [5.74, 6) is -1.55. The van der Waals surface area contributed by atoms with Crippen LogP contribution in [-0.4, -0.2) is 32.6 Å². The van der Waals surface area contributed by atoms with Crippen molar-refractivity contribution in [2.75, 3.05) is 0 Å². The van der Waals surface area contributed by atoms with E-state index in [2.05, 4.69) is 10.3 Å². The van der Waals surface area contributed by atoms with Gasteiger partial charge in [-0.1, -0.05) is 6.92 Å². The Morgan fingerprint density at radius 1 is 1.45 bits per heavy atom. The summed E-state index contributed by atoms with van der Waals surface area (Å²) in [6.45, 7) is 1.68.